The Morgan fingerprint density at radius 1 is 1.29 bits per heavy atom. The first kappa shape index (κ1) is 23.9. The molecule has 0 fully saturated rings. The van der Waals surface area contributed by atoms with Crippen molar-refractivity contribution in [3.8, 4) is 0 Å². The van der Waals surface area contributed by atoms with Gasteiger partial charge < -0.3 is 20.1 Å². The third kappa shape index (κ3) is 5.18. The van der Waals surface area contributed by atoms with Crippen LogP contribution in [0.3, 0.4) is 0 Å². The minimum atomic E-state index is -3.18. The minimum Gasteiger partial charge on any atom is -0.361 e. The number of benzene rings is 1. The highest BCUT2D eigenvalue weighted by Crippen LogP contribution is 2.38. The van der Waals surface area contributed by atoms with E-state index in [-0.39, 0.29) is 44.2 Å². The molecule has 1 aromatic heterocycles. The lowest BCUT2D eigenvalue weighted by atomic mass is 10.0. The van der Waals surface area contributed by atoms with Crippen molar-refractivity contribution >= 4 is 35.5 Å². The molecule has 0 radical (unpaired) electrons. The summed E-state index contributed by atoms with van der Waals surface area (Å²) in [5.41, 5.74) is 3.95. The molecule has 3 unspecified atom stereocenters. The van der Waals surface area contributed by atoms with Gasteiger partial charge in [-0.25, -0.2) is 13.8 Å². The second-order valence-electron chi connectivity index (χ2n) is 7.82. The Balaban J connectivity index is 1.72. The van der Waals surface area contributed by atoms with E-state index in [0.717, 1.165) is 12.1 Å². The summed E-state index contributed by atoms with van der Waals surface area (Å²) in [6.45, 7) is 0.567. The maximum atomic E-state index is 14.0. The Bertz CT molecular complexity index is 993. The first-order chi connectivity index (χ1) is 14.4. The third-order valence-electron chi connectivity index (χ3n) is 5.16. The van der Waals surface area contributed by atoms with Gasteiger partial charge in [0, 0.05) is 39.6 Å². The standard InChI is InChI=1S/C19H25F4N5OP2/c1-26(2)17-14-9-27(3-4-28(14)18(25-17)19(22,23)31)16(29)7-11(24)5-10-6-12(20)13(21)8-15(10)30/h6,8,11H,3-5,7,9,24,30-31H2,1-2H3. The first-order valence-electron chi connectivity index (χ1n) is 9.59. The number of alkyl halides is 2. The normalized spacial score (nSPS) is 15.1. The molecule has 1 aliphatic heterocycles. The average Bonchev–Trinajstić information content (AvgIpc) is 3.05. The summed E-state index contributed by atoms with van der Waals surface area (Å²) in [6, 6.07) is 1.54. The fraction of sp³-hybridized carbons (Fsp3) is 0.474. The Morgan fingerprint density at radius 2 is 1.94 bits per heavy atom. The number of rotatable bonds is 6. The van der Waals surface area contributed by atoms with Crippen molar-refractivity contribution in [3.63, 3.8) is 0 Å². The van der Waals surface area contributed by atoms with E-state index in [4.69, 9.17) is 5.73 Å². The van der Waals surface area contributed by atoms with Crippen LogP contribution in [0.25, 0.3) is 0 Å². The van der Waals surface area contributed by atoms with Crippen LogP contribution in [0.4, 0.5) is 23.4 Å². The van der Waals surface area contributed by atoms with Gasteiger partial charge in [0.25, 0.3) is 0 Å². The molecule has 1 amide bonds. The predicted octanol–water partition coefficient (Wildman–Crippen LogP) is 1.95. The monoisotopic (exact) mass is 477 g/mol. The zero-order valence-corrected chi connectivity index (χ0v) is 19.5. The highest BCUT2D eigenvalue weighted by atomic mass is 31.0. The molecule has 3 atom stereocenters. The van der Waals surface area contributed by atoms with Crippen LogP contribution in [0.15, 0.2) is 12.1 Å². The number of fused-ring (bicyclic) bond motifs is 1. The van der Waals surface area contributed by atoms with Gasteiger partial charge in [0.15, 0.2) is 23.3 Å². The van der Waals surface area contributed by atoms with Crippen LogP contribution in [0.2, 0.25) is 0 Å². The molecule has 0 saturated heterocycles. The zero-order valence-electron chi connectivity index (χ0n) is 17.2. The fourth-order valence-corrected chi connectivity index (χ4v) is 4.23. The van der Waals surface area contributed by atoms with E-state index in [0.29, 0.717) is 22.4 Å². The summed E-state index contributed by atoms with van der Waals surface area (Å²) in [4.78, 5) is 20.1. The number of aromatic nitrogens is 2. The maximum absolute atomic E-state index is 14.0. The third-order valence-corrected chi connectivity index (χ3v) is 5.96. The number of carbonyl (C=O) groups excluding carboxylic acids is 1. The molecule has 3 rings (SSSR count). The van der Waals surface area contributed by atoms with Crippen LogP contribution < -0.4 is 15.9 Å². The highest BCUT2D eigenvalue weighted by Gasteiger charge is 2.37. The summed E-state index contributed by atoms with van der Waals surface area (Å²) >= 11 is 0. The molecule has 170 valence electrons. The summed E-state index contributed by atoms with van der Waals surface area (Å²) in [5.74, 6) is -2.13. The topological polar surface area (TPSA) is 67.4 Å². The van der Waals surface area contributed by atoms with E-state index in [1.54, 1.807) is 23.9 Å². The first-order valence-corrected chi connectivity index (χ1v) is 10.7. The van der Waals surface area contributed by atoms with Gasteiger partial charge in [0.05, 0.1) is 12.2 Å². The van der Waals surface area contributed by atoms with Crippen LogP contribution in [-0.4, -0.2) is 47.0 Å². The second-order valence-corrected chi connectivity index (χ2v) is 9.17. The average molecular weight is 477 g/mol. The van der Waals surface area contributed by atoms with Crippen molar-refractivity contribution in [1.29, 1.82) is 0 Å². The summed E-state index contributed by atoms with van der Waals surface area (Å²) < 4.78 is 56.2. The highest BCUT2D eigenvalue weighted by molar-refractivity contribution is 7.27. The Labute approximate surface area is 182 Å². The maximum Gasteiger partial charge on any atom is 0.315 e. The van der Waals surface area contributed by atoms with Crippen molar-refractivity contribution in [2.75, 3.05) is 25.5 Å². The number of nitrogens with two attached hydrogens (primary N) is 1. The second kappa shape index (κ2) is 9.00. The molecule has 1 aromatic carbocycles. The van der Waals surface area contributed by atoms with Crippen LogP contribution in [0, 0.1) is 11.6 Å². The molecule has 2 N–H and O–H groups in total. The molecule has 12 heteroatoms. The van der Waals surface area contributed by atoms with Crippen molar-refractivity contribution in [1.82, 2.24) is 14.5 Å². The lowest BCUT2D eigenvalue weighted by molar-refractivity contribution is -0.133. The minimum absolute atomic E-state index is 0.0127. The van der Waals surface area contributed by atoms with Crippen molar-refractivity contribution < 1.29 is 22.4 Å². The Morgan fingerprint density at radius 3 is 2.55 bits per heavy atom. The number of halogens is 4. The molecule has 2 heterocycles. The molecular weight excluding hydrogens is 452 g/mol. The number of hydrogen-bond acceptors (Lipinski definition) is 4. The summed E-state index contributed by atoms with van der Waals surface area (Å²) in [5, 5.41) is 0.477. The smallest absolute Gasteiger partial charge is 0.315 e. The van der Waals surface area contributed by atoms with Crippen LogP contribution in [-0.2, 0) is 30.0 Å². The van der Waals surface area contributed by atoms with Crippen LogP contribution >= 0.6 is 18.5 Å². The molecule has 0 saturated carbocycles. The van der Waals surface area contributed by atoms with E-state index in [1.807, 2.05) is 0 Å². The molecule has 0 bridgehead atoms. The number of amides is 1. The van der Waals surface area contributed by atoms with E-state index < -0.39 is 23.3 Å². The molecular formula is C19H25F4N5OP2. The van der Waals surface area contributed by atoms with Crippen molar-refractivity contribution in [2.45, 2.75) is 37.6 Å². The van der Waals surface area contributed by atoms with E-state index in [1.165, 1.54) is 13.8 Å². The van der Waals surface area contributed by atoms with E-state index in [2.05, 4.69) is 14.2 Å². The fourth-order valence-electron chi connectivity index (χ4n) is 3.66. The molecule has 0 spiro atoms. The lowest BCUT2D eigenvalue weighted by Gasteiger charge is -2.31. The number of carbonyl (C=O) groups is 1. The van der Waals surface area contributed by atoms with Gasteiger partial charge in [-0.3, -0.25) is 4.79 Å². The SMILES string of the molecule is CN(C)c1nc(C(F)(F)P)n2c1CN(C(=O)CC(N)Cc1cc(F)c(F)cc1P)CC2. The van der Waals surface area contributed by atoms with Gasteiger partial charge in [0.2, 0.25) is 5.91 Å². The van der Waals surface area contributed by atoms with Gasteiger partial charge in [0.1, 0.15) is 0 Å². The number of anilines is 1. The molecule has 1 aliphatic rings. The Hall–Kier alpha value is -1.76. The van der Waals surface area contributed by atoms with E-state index in [9.17, 15) is 22.4 Å². The molecule has 2 aromatic rings. The summed E-state index contributed by atoms with van der Waals surface area (Å²) in [7, 11) is 7.23. The number of hydrogen-bond donors (Lipinski definition) is 1. The van der Waals surface area contributed by atoms with Gasteiger partial charge >= 0.3 is 5.66 Å². The summed E-state index contributed by atoms with van der Waals surface area (Å²) in [6.07, 6.45) is 0.182. The van der Waals surface area contributed by atoms with Crippen molar-refractivity contribution in [2.24, 2.45) is 5.73 Å². The molecule has 6 nitrogen and oxygen atoms in total. The van der Waals surface area contributed by atoms with Gasteiger partial charge in [-0.1, -0.05) is 9.24 Å². The molecule has 0 aliphatic carbocycles. The Kier molecular flexibility index (Phi) is 6.94. The number of imidazole rings is 1. The largest absolute Gasteiger partial charge is 0.361 e. The van der Waals surface area contributed by atoms with Gasteiger partial charge in [-0.15, -0.1) is 9.24 Å². The van der Waals surface area contributed by atoms with Crippen LogP contribution in [0.5, 0.6) is 0 Å². The lowest BCUT2D eigenvalue weighted by Crippen LogP contribution is -2.42. The number of nitrogens with zero attached hydrogens (tertiary/aromatic N) is 4. The quantitative estimate of drug-likeness (QED) is 0.511. The predicted molar refractivity (Wildman–Crippen MR) is 118 cm³/mol. The van der Waals surface area contributed by atoms with Gasteiger partial charge in [-0.2, -0.15) is 8.78 Å². The van der Waals surface area contributed by atoms with E-state index >= 15 is 0 Å². The zero-order chi connectivity index (χ0) is 23.1. The van der Waals surface area contributed by atoms with Crippen LogP contribution in [0.1, 0.15) is 23.5 Å². The van der Waals surface area contributed by atoms with Crippen molar-refractivity contribution in [3.05, 3.63) is 40.8 Å². The van der Waals surface area contributed by atoms with Gasteiger partial charge in [-0.05, 0) is 29.4 Å². The molecule has 31 heavy (non-hydrogen) atoms.